The van der Waals surface area contributed by atoms with E-state index in [4.69, 9.17) is 0 Å². The Morgan fingerprint density at radius 1 is 1.30 bits per heavy atom. The van der Waals surface area contributed by atoms with E-state index in [1.165, 1.54) is 17.0 Å². The maximum absolute atomic E-state index is 13.5. The highest BCUT2D eigenvalue weighted by Gasteiger charge is 2.31. The second kappa shape index (κ2) is 6.35. The molecule has 0 radical (unpaired) electrons. The van der Waals surface area contributed by atoms with Crippen LogP contribution in [0.3, 0.4) is 0 Å². The lowest BCUT2D eigenvalue weighted by atomic mass is 10.1. The molecule has 1 aliphatic rings. The van der Waals surface area contributed by atoms with Crippen molar-refractivity contribution in [3.05, 3.63) is 34.1 Å². The van der Waals surface area contributed by atoms with E-state index in [-0.39, 0.29) is 10.0 Å². The lowest BCUT2D eigenvalue weighted by Crippen LogP contribution is -2.44. The molecule has 1 aromatic rings. The average Bonchev–Trinajstić information content (AvgIpc) is 2.66. The first kappa shape index (κ1) is 15.0. The summed E-state index contributed by atoms with van der Waals surface area (Å²) in [7, 11) is 0. The van der Waals surface area contributed by atoms with Gasteiger partial charge in [0.15, 0.2) is 0 Å². The second-order valence-corrected chi connectivity index (χ2v) is 5.69. The van der Waals surface area contributed by atoms with E-state index in [0.717, 1.165) is 25.3 Å². The monoisotopic (exact) mass is 343 g/mol. The fourth-order valence-corrected chi connectivity index (χ4v) is 2.65. The van der Waals surface area contributed by atoms with E-state index >= 15 is 0 Å². The van der Waals surface area contributed by atoms with Crippen LogP contribution in [0.1, 0.15) is 36.0 Å². The fraction of sp³-hybridized carbons (Fsp3) is 0.429. The van der Waals surface area contributed by atoms with Gasteiger partial charge in [0.05, 0.1) is 4.47 Å². The zero-order valence-electron chi connectivity index (χ0n) is 10.8. The number of carbonyl (C=O) groups is 2. The first-order valence-electron chi connectivity index (χ1n) is 6.49. The first-order chi connectivity index (χ1) is 9.50. The first-order valence-corrected chi connectivity index (χ1v) is 7.29. The van der Waals surface area contributed by atoms with Crippen LogP contribution in [-0.2, 0) is 4.79 Å². The molecular weight excluding hydrogens is 329 g/mol. The van der Waals surface area contributed by atoms with Crippen molar-refractivity contribution in [1.82, 2.24) is 4.90 Å². The molecule has 1 unspecified atom stereocenters. The Labute approximate surface area is 124 Å². The van der Waals surface area contributed by atoms with Gasteiger partial charge in [-0.05, 0) is 47.0 Å². The zero-order valence-corrected chi connectivity index (χ0v) is 12.4. The Kier molecular flexibility index (Phi) is 4.75. The predicted molar refractivity (Wildman–Crippen MR) is 75.0 cm³/mol. The van der Waals surface area contributed by atoms with Crippen molar-refractivity contribution < 1.29 is 19.1 Å². The Morgan fingerprint density at radius 3 is 2.70 bits per heavy atom. The Morgan fingerprint density at radius 2 is 2.05 bits per heavy atom. The van der Waals surface area contributed by atoms with Gasteiger partial charge in [-0.25, -0.2) is 9.18 Å². The summed E-state index contributed by atoms with van der Waals surface area (Å²) in [5.74, 6) is -1.96. The maximum atomic E-state index is 13.5. The van der Waals surface area contributed by atoms with Crippen LogP contribution >= 0.6 is 15.9 Å². The van der Waals surface area contributed by atoms with Gasteiger partial charge in [0, 0.05) is 12.1 Å². The summed E-state index contributed by atoms with van der Waals surface area (Å²) >= 11 is 3.03. The van der Waals surface area contributed by atoms with Gasteiger partial charge in [-0.15, -0.1) is 0 Å². The van der Waals surface area contributed by atoms with Gasteiger partial charge in [0.25, 0.3) is 5.91 Å². The number of carboxylic acids is 1. The van der Waals surface area contributed by atoms with Crippen LogP contribution in [0, 0.1) is 5.82 Å². The topological polar surface area (TPSA) is 57.6 Å². The smallest absolute Gasteiger partial charge is 0.326 e. The molecule has 1 fully saturated rings. The van der Waals surface area contributed by atoms with Crippen molar-refractivity contribution in [1.29, 1.82) is 0 Å². The summed E-state index contributed by atoms with van der Waals surface area (Å²) in [4.78, 5) is 25.1. The Bertz CT molecular complexity index is 535. The lowest BCUT2D eigenvalue weighted by molar-refractivity contribution is -0.142. The van der Waals surface area contributed by atoms with E-state index in [1.807, 2.05) is 0 Å². The van der Waals surface area contributed by atoms with Crippen molar-refractivity contribution in [3.63, 3.8) is 0 Å². The normalized spacial score (nSPS) is 19.5. The van der Waals surface area contributed by atoms with E-state index in [0.29, 0.717) is 13.0 Å². The van der Waals surface area contributed by atoms with Gasteiger partial charge in [-0.3, -0.25) is 4.79 Å². The summed E-state index contributed by atoms with van der Waals surface area (Å²) in [6.07, 6.45) is 2.91. The van der Waals surface area contributed by atoms with Crippen LogP contribution in [0.4, 0.5) is 4.39 Å². The summed E-state index contributed by atoms with van der Waals surface area (Å²) in [6, 6.07) is 3.27. The van der Waals surface area contributed by atoms with E-state index < -0.39 is 23.7 Å². The molecule has 0 aromatic heterocycles. The molecule has 0 saturated carbocycles. The van der Waals surface area contributed by atoms with E-state index in [1.54, 1.807) is 0 Å². The number of carbonyl (C=O) groups excluding carboxylic acids is 1. The van der Waals surface area contributed by atoms with Gasteiger partial charge in [-0.1, -0.05) is 12.8 Å². The summed E-state index contributed by atoms with van der Waals surface area (Å²) in [5, 5.41) is 9.25. The number of amides is 1. The van der Waals surface area contributed by atoms with Crippen LogP contribution in [0.2, 0.25) is 0 Å². The second-order valence-electron chi connectivity index (χ2n) is 4.83. The molecule has 6 heteroatoms. The molecule has 108 valence electrons. The molecule has 20 heavy (non-hydrogen) atoms. The van der Waals surface area contributed by atoms with Gasteiger partial charge in [-0.2, -0.15) is 0 Å². The third-order valence-corrected chi connectivity index (χ3v) is 4.11. The molecule has 1 aromatic carbocycles. The minimum absolute atomic E-state index is 0.179. The molecule has 1 heterocycles. The Balaban J connectivity index is 2.28. The zero-order chi connectivity index (χ0) is 14.7. The Hall–Kier alpha value is -1.43. The van der Waals surface area contributed by atoms with Crippen molar-refractivity contribution in [2.45, 2.75) is 31.7 Å². The highest BCUT2D eigenvalue weighted by Crippen LogP contribution is 2.22. The minimum atomic E-state index is -1.00. The van der Waals surface area contributed by atoms with E-state index in [2.05, 4.69) is 15.9 Å². The number of hydrogen-bond donors (Lipinski definition) is 1. The van der Waals surface area contributed by atoms with Gasteiger partial charge in [0.2, 0.25) is 0 Å². The SMILES string of the molecule is O=C(O)C1CCCCCN1C(=O)c1ccc(Br)c(F)c1. The summed E-state index contributed by atoms with van der Waals surface area (Å²) in [6.45, 7) is 0.396. The van der Waals surface area contributed by atoms with Crippen molar-refractivity contribution >= 4 is 27.8 Å². The molecule has 0 spiro atoms. The summed E-state index contributed by atoms with van der Waals surface area (Å²) < 4.78 is 13.8. The molecule has 0 aliphatic carbocycles. The molecule has 0 bridgehead atoms. The fourth-order valence-electron chi connectivity index (χ4n) is 2.40. The number of carboxylic acid groups (broad SMARTS) is 1. The molecule has 1 atom stereocenters. The van der Waals surface area contributed by atoms with Crippen LogP contribution in [0.5, 0.6) is 0 Å². The summed E-state index contributed by atoms with van der Waals surface area (Å²) in [5.41, 5.74) is 0.179. The van der Waals surface area contributed by atoms with Gasteiger partial charge in [0.1, 0.15) is 11.9 Å². The number of halogens is 2. The number of benzene rings is 1. The number of likely N-dealkylation sites (tertiary alicyclic amines) is 1. The number of hydrogen-bond acceptors (Lipinski definition) is 2. The minimum Gasteiger partial charge on any atom is -0.480 e. The molecule has 1 amide bonds. The molecule has 4 nitrogen and oxygen atoms in total. The maximum Gasteiger partial charge on any atom is 0.326 e. The highest BCUT2D eigenvalue weighted by atomic mass is 79.9. The van der Waals surface area contributed by atoms with Crippen molar-refractivity contribution in [3.8, 4) is 0 Å². The largest absolute Gasteiger partial charge is 0.480 e. The molecule has 1 saturated heterocycles. The number of rotatable bonds is 2. The van der Waals surface area contributed by atoms with Crippen molar-refractivity contribution in [2.24, 2.45) is 0 Å². The van der Waals surface area contributed by atoms with Gasteiger partial charge < -0.3 is 10.0 Å². The molecule has 1 N–H and O–H groups in total. The predicted octanol–water partition coefficient (Wildman–Crippen LogP) is 3.06. The average molecular weight is 344 g/mol. The molecular formula is C14H15BrFNO3. The lowest BCUT2D eigenvalue weighted by Gasteiger charge is -2.27. The highest BCUT2D eigenvalue weighted by molar-refractivity contribution is 9.10. The molecule has 1 aliphatic heterocycles. The van der Waals surface area contributed by atoms with Crippen LogP contribution < -0.4 is 0 Å². The third-order valence-electron chi connectivity index (χ3n) is 3.47. The van der Waals surface area contributed by atoms with Crippen molar-refractivity contribution in [2.75, 3.05) is 6.54 Å². The van der Waals surface area contributed by atoms with Crippen LogP contribution in [0.25, 0.3) is 0 Å². The standard InChI is InChI=1S/C14H15BrFNO3/c15-10-6-5-9(8-11(10)16)13(18)17-7-3-1-2-4-12(17)14(19)20/h5-6,8,12H,1-4,7H2,(H,19,20). The number of nitrogens with zero attached hydrogens (tertiary/aromatic N) is 1. The quantitative estimate of drug-likeness (QED) is 0.897. The van der Waals surface area contributed by atoms with Crippen LogP contribution in [-0.4, -0.2) is 34.5 Å². The van der Waals surface area contributed by atoms with Gasteiger partial charge >= 0.3 is 5.97 Å². The third kappa shape index (κ3) is 3.17. The van der Waals surface area contributed by atoms with E-state index in [9.17, 15) is 19.1 Å². The number of aliphatic carboxylic acids is 1. The van der Waals surface area contributed by atoms with Crippen LogP contribution in [0.15, 0.2) is 22.7 Å². The molecule has 2 rings (SSSR count).